The third-order valence-electron chi connectivity index (χ3n) is 1.98. The Labute approximate surface area is 124 Å². The summed E-state index contributed by atoms with van der Waals surface area (Å²) in [5.41, 5.74) is 0.739. The molecular weight excluding hydrogens is 386 g/mol. The number of pyridine rings is 1. The summed E-state index contributed by atoms with van der Waals surface area (Å²) in [4.78, 5) is 17.0. The first-order chi connectivity index (χ1) is 8.16. The highest BCUT2D eigenvalue weighted by molar-refractivity contribution is 9.12. The van der Waals surface area contributed by atoms with E-state index in [0.29, 0.717) is 5.75 Å². The van der Waals surface area contributed by atoms with E-state index in [1.807, 2.05) is 18.2 Å². The van der Waals surface area contributed by atoms with Crippen LogP contribution in [0.1, 0.15) is 10.4 Å². The molecule has 0 unspecified atom stereocenters. The molecule has 0 aliphatic heterocycles. The molecule has 0 radical (unpaired) electrons. The Morgan fingerprint density at radius 3 is 2.65 bits per heavy atom. The minimum atomic E-state index is 0.126. The van der Waals surface area contributed by atoms with E-state index in [-0.39, 0.29) is 5.78 Å². The van der Waals surface area contributed by atoms with Gasteiger partial charge in [0, 0.05) is 22.9 Å². The molecule has 88 valence electrons. The topological polar surface area (TPSA) is 30.0 Å². The van der Waals surface area contributed by atoms with Crippen molar-refractivity contribution in [3.05, 3.63) is 43.7 Å². The number of thioether (sulfide) groups is 1. The second-order valence-corrected chi connectivity index (χ2v) is 7.93. The maximum absolute atomic E-state index is 12.0. The molecular formula is C11H7Br2NOS2. The summed E-state index contributed by atoms with van der Waals surface area (Å²) in [5.74, 6) is 0.562. The highest BCUT2D eigenvalue weighted by atomic mass is 79.9. The SMILES string of the molecule is O=C(CSc1ccncc1)c1cc(Br)sc1Br. The van der Waals surface area contributed by atoms with E-state index in [0.717, 1.165) is 18.0 Å². The normalized spacial score (nSPS) is 10.5. The van der Waals surface area contributed by atoms with Crippen molar-refractivity contribution in [2.75, 3.05) is 5.75 Å². The molecule has 0 aliphatic rings. The van der Waals surface area contributed by atoms with Gasteiger partial charge in [-0.05, 0) is 50.1 Å². The lowest BCUT2D eigenvalue weighted by Crippen LogP contribution is -2.01. The highest BCUT2D eigenvalue weighted by Gasteiger charge is 2.13. The number of rotatable bonds is 4. The van der Waals surface area contributed by atoms with Gasteiger partial charge >= 0.3 is 0 Å². The molecule has 0 spiro atoms. The molecule has 0 amide bonds. The molecule has 0 atom stereocenters. The van der Waals surface area contributed by atoms with E-state index in [1.165, 1.54) is 23.1 Å². The summed E-state index contributed by atoms with van der Waals surface area (Å²) in [7, 11) is 0. The van der Waals surface area contributed by atoms with E-state index >= 15 is 0 Å². The molecule has 0 aliphatic carbocycles. The van der Waals surface area contributed by atoms with Crippen LogP contribution in [0.3, 0.4) is 0 Å². The Morgan fingerprint density at radius 2 is 2.06 bits per heavy atom. The van der Waals surface area contributed by atoms with Crippen molar-refractivity contribution in [2.24, 2.45) is 0 Å². The average molecular weight is 393 g/mol. The summed E-state index contributed by atoms with van der Waals surface area (Å²) in [6.07, 6.45) is 3.45. The summed E-state index contributed by atoms with van der Waals surface area (Å²) in [5, 5.41) is 0. The lowest BCUT2D eigenvalue weighted by Gasteiger charge is -1.99. The molecule has 0 N–H and O–H groups in total. The first kappa shape index (κ1) is 13.3. The summed E-state index contributed by atoms with van der Waals surface area (Å²) < 4.78 is 1.84. The van der Waals surface area contributed by atoms with Gasteiger partial charge in [0.1, 0.15) is 0 Å². The van der Waals surface area contributed by atoms with E-state index < -0.39 is 0 Å². The Kier molecular flexibility index (Phi) is 4.78. The Balaban J connectivity index is 2.01. The van der Waals surface area contributed by atoms with Crippen LogP contribution in [-0.4, -0.2) is 16.5 Å². The minimum Gasteiger partial charge on any atom is -0.293 e. The molecule has 0 saturated carbocycles. The lowest BCUT2D eigenvalue weighted by atomic mass is 10.2. The third-order valence-corrected chi connectivity index (χ3v) is 5.33. The number of thiophene rings is 1. The maximum atomic E-state index is 12.0. The quantitative estimate of drug-likeness (QED) is 0.560. The van der Waals surface area contributed by atoms with Gasteiger partial charge in [-0.1, -0.05) is 0 Å². The number of carbonyl (C=O) groups excluding carboxylic acids is 1. The molecule has 2 heterocycles. The fourth-order valence-corrected chi connectivity index (χ4v) is 4.81. The van der Waals surface area contributed by atoms with Crippen LogP contribution < -0.4 is 0 Å². The van der Waals surface area contributed by atoms with E-state index in [9.17, 15) is 4.79 Å². The number of aromatic nitrogens is 1. The van der Waals surface area contributed by atoms with Crippen molar-refractivity contribution >= 4 is 60.7 Å². The van der Waals surface area contributed by atoms with Gasteiger partial charge in [-0.3, -0.25) is 9.78 Å². The summed E-state index contributed by atoms with van der Waals surface area (Å²) >= 11 is 9.79. The zero-order chi connectivity index (χ0) is 12.3. The van der Waals surface area contributed by atoms with Crippen molar-refractivity contribution in [3.63, 3.8) is 0 Å². The van der Waals surface area contributed by atoms with Crippen LogP contribution in [0.5, 0.6) is 0 Å². The van der Waals surface area contributed by atoms with Crippen molar-refractivity contribution in [1.29, 1.82) is 0 Å². The fourth-order valence-electron chi connectivity index (χ4n) is 1.19. The molecule has 0 aromatic carbocycles. The zero-order valence-electron chi connectivity index (χ0n) is 8.52. The maximum Gasteiger partial charge on any atom is 0.175 e. The third kappa shape index (κ3) is 3.64. The van der Waals surface area contributed by atoms with Crippen molar-refractivity contribution in [1.82, 2.24) is 4.98 Å². The molecule has 2 rings (SSSR count). The number of carbonyl (C=O) groups is 1. The monoisotopic (exact) mass is 391 g/mol. The zero-order valence-corrected chi connectivity index (χ0v) is 13.3. The van der Waals surface area contributed by atoms with Crippen LogP contribution in [0.4, 0.5) is 0 Å². The molecule has 6 heteroatoms. The van der Waals surface area contributed by atoms with E-state index in [2.05, 4.69) is 36.8 Å². The highest BCUT2D eigenvalue weighted by Crippen LogP contribution is 2.33. The Morgan fingerprint density at radius 1 is 1.35 bits per heavy atom. The smallest absolute Gasteiger partial charge is 0.175 e. The second-order valence-electron chi connectivity index (χ2n) is 3.13. The van der Waals surface area contributed by atoms with Crippen LogP contribution >= 0.6 is 55.0 Å². The molecule has 0 fully saturated rings. The molecule has 2 aromatic rings. The fraction of sp³-hybridized carbons (Fsp3) is 0.0909. The van der Waals surface area contributed by atoms with Gasteiger partial charge in [0.05, 0.1) is 13.3 Å². The van der Waals surface area contributed by atoms with Gasteiger partial charge in [-0.2, -0.15) is 0 Å². The van der Waals surface area contributed by atoms with E-state index in [1.54, 1.807) is 12.4 Å². The second kappa shape index (κ2) is 6.13. The lowest BCUT2D eigenvalue weighted by molar-refractivity contribution is 0.102. The van der Waals surface area contributed by atoms with Gasteiger partial charge in [0.15, 0.2) is 5.78 Å². The predicted octanol–water partition coefficient (Wildman–Crippen LogP) is 4.64. The predicted molar refractivity (Wildman–Crippen MR) is 79.0 cm³/mol. The summed E-state index contributed by atoms with van der Waals surface area (Å²) in [6.45, 7) is 0. The molecule has 2 nitrogen and oxygen atoms in total. The van der Waals surface area contributed by atoms with Crippen LogP contribution in [0, 0.1) is 0 Å². The van der Waals surface area contributed by atoms with Crippen LogP contribution in [0.2, 0.25) is 0 Å². The molecule has 17 heavy (non-hydrogen) atoms. The number of hydrogen-bond acceptors (Lipinski definition) is 4. The number of hydrogen-bond donors (Lipinski definition) is 0. The van der Waals surface area contributed by atoms with E-state index in [4.69, 9.17) is 0 Å². The summed E-state index contributed by atoms with van der Waals surface area (Å²) in [6, 6.07) is 5.65. The first-order valence-corrected chi connectivity index (χ1v) is 8.06. The van der Waals surface area contributed by atoms with Crippen molar-refractivity contribution in [2.45, 2.75) is 4.90 Å². The molecule has 0 saturated heterocycles. The van der Waals surface area contributed by atoms with Gasteiger partial charge < -0.3 is 0 Å². The number of halogens is 2. The Bertz CT molecular complexity index is 528. The van der Waals surface area contributed by atoms with Crippen LogP contribution in [0.15, 0.2) is 43.1 Å². The molecule has 0 bridgehead atoms. The Hall–Kier alpha value is -0.170. The number of Topliss-reactive ketones (excluding diaryl/α,β-unsaturated/α-hetero) is 1. The van der Waals surface area contributed by atoms with Gasteiger partial charge in [0.25, 0.3) is 0 Å². The molecule has 2 aromatic heterocycles. The van der Waals surface area contributed by atoms with Crippen LogP contribution in [0.25, 0.3) is 0 Å². The van der Waals surface area contributed by atoms with Crippen molar-refractivity contribution < 1.29 is 4.79 Å². The standard InChI is InChI=1S/C11H7Br2NOS2/c12-10-5-8(11(13)17-10)9(15)6-16-7-1-3-14-4-2-7/h1-5H,6H2. The number of ketones is 1. The van der Waals surface area contributed by atoms with Crippen LogP contribution in [-0.2, 0) is 0 Å². The van der Waals surface area contributed by atoms with Crippen molar-refractivity contribution in [3.8, 4) is 0 Å². The minimum absolute atomic E-state index is 0.126. The number of nitrogens with zero attached hydrogens (tertiary/aromatic N) is 1. The van der Waals surface area contributed by atoms with Gasteiger partial charge in [-0.25, -0.2) is 0 Å². The van der Waals surface area contributed by atoms with Gasteiger partial charge in [0.2, 0.25) is 0 Å². The largest absolute Gasteiger partial charge is 0.293 e. The average Bonchev–Trinajstić information content (AvgIpc) is 2.67. The van der Waals surface area contributed by atoms with Gasteiger partial charge in [-0.15, -0.1) is 23.1 Å². The first-order valence-electron chi connectivity index (χ1n) is 4.67.